The van der Waals surface area contributed by atoms with E-state index in [1.54, 1.807) is 18.2 Å². The molecule has 1 aromatic carbocycles. The van der Waals surface area contributed by atoms with Gasteiger partial charge in [-0.1, -0.05) is 6.07 Å². The van der Waals surface area contributed by atoms with Crippen LogP contribution in [0.4, 0.5) is 13.2 Å². The number of amides is 1. The number of nitrogens with zero attached hydrogens (tertiary/aromatic N) is 3. The SMILES string of the molecule is O=C(NCC1COCc2nc3cc(C(F)(F)F)ccc3n21)c1ccccn1. The molecule has 3 aromatic rings. The highest BCUT2D eigenvalue weighted by molar-refractivity contribution is 5.92. The zero-order valence-corrected chi connectivity index (χ0v) is 14.0. The van der Waals surface area contributed by atoms with Crippen LogP contribution in [0.25, 0.3) is 11.0 Å². The molecule has 0 fully saturated rings. The number of alkyl halides is 3. The molecule has 2 aromatic heterocycles. The van der Waals surface area contributed by atoms with Crippen LogP contribution >= 0.6 is 0 Å². The lowest BCUT2D eigenvalue weighted by atomic mass is 10.2. The molecule has 1 N–H and O–H groups in total. The number of carbonyl (C=O) groups is 1. The molecule has 3 heterocycles. The van der Waals surface area contributed by atoms with E-state index in [9.17, 15) is 18.0 Å². The van der Waals surface area contributed by atoms with Crippen LogP contribution in [0.3, 0.4) is 0 Å². The van der Waals surface area contributed by atoms with Crippen LogP contribution < -0.4 is 5.32 Å². The Hall–Kier alpha value is -2.94. The summed E-state index contributed by atoms with van der Waals surface area (Å²) in [6, 6.07) is 8.23. The maximum Gasteiger partial charge on any atom is 0.416 e. The van der Waals surface area contributed by atoms with Gasteiger partial charge in [0.2, 0.25) is 0 Å². The smallest absolute Gasteiger partial charge is 0.371 e. The van der Waals surface area contributed by atoms with Gasteiger partial charge in [-0.05, 0) is 30.3 Å². The van der Waals surface area contributed by atoms with E-state index in [-0.39, 0.29) is 30.6 Å². The lowest BCUT2D eigenvalue weighted by Crippen LogP contribution is -2.36. The van der Waals surface area contributed by atoms with Gasteiger partial charge in [0, 0.05) is 12.7 Å². The van der Waals surface area contributed by atoms with Gasteiger partial charge in [0.15, 0.2) is 0 Å². The van der Waals surface area contributed by atoms with Crippen LogP contribution in [-0.4, -0.2) is 33.6 Å². The Labute approximate surface area is 152 Å². The highest BCUT2D eigenvalue weighted by atomic mass is 19.4. The number of hydrogen-bond acceptors (Lipinski definition) is 4. The van der Waals surface area contributed by atoms with Crippen LogP contribution in [0, 0.1) is 0 Å². The molecule has 1 amide bonds. The summed E-state index contributed by atoms with van der Waals surface area (Å²) in [4.78, 5) is 20.5. The van der Waals surface area contributed by atoms with Crippen molar-refractivity contribution in [2.24, 2.45) is 0 Å². The van der Waals surface area contributed by atoms with Crippen molar-refractivity contribution in [1.82, 2.24) is 19.9 Å². The molecule has 0 bridgehead atoms. The third kappa shape index (κ3) is 3.37. The molecule has 0 saturated heterocycles. The normalized spacial score (nSPS) is 16.9. The first-order valence-corrected chi connectivity index (χ1v) is 8.28. The minimum Gasteiger partial charge on any atom is -0.371 e. The summed E-state index contributed by atoms with van der Waals surface area (Å²) in [7, 11) is 0. The van der Waals surface area contributed by atoms with E-state index in [1.807, 2.05) is 4.57 Å². The Morgan fingerprint density at radius 2 is 2.15 bits per heavy atom. The second kappa shape index (κ2) is 6.66. The van der Waals surface area contributed by atoms with E-state index < -0.39 is 11.7 Å². The Balaban J connectivity index is 1.60. The monoisotopic (exact) mass is 376 g/mol. The molecule has 0 aliphatic carbocycles. The molecular formula is C18H15F3N4O2. The second-order valence-corrected chi connectivity index (χ2v) is 6.19. The van der Waals surface area contributed by atoms with Crippen molar-refractivity contribution in [3.05, 3.63) is 59.7 Å². The van der Waals surface area contributed by atoms with Crippen molar-refractivity contribution in [3.8, 4) is 0 Å². The zero-order chi connectivity index (χ0) is 19.0. The molecule has 1 unspecified atom stereocenters. The van der Waals surface area contributed by atoms with E-state index >= 15 is 0 Å². The minimum atomic E-state index is -4.43. The molecule has 1 atom stereocenters. The Kier molecular flexibility index (Phi) is 4.31. The number of aromatic nitrogens is 3. The van der Waals surface area contributed by atoms with Gasteiger partial charge in [0.25, 0.3) is 5.91 Å². The molecule has 1 aliphatic rings. The van der Waals surface area contributed by atoms with Crippen LogP contribution in [0.15, 0.2) is 42.6 Å². The van der Waals surface area contributed by atoms with Crippen molar-refractivity contribution >= 4 is 16.9 Å². The average molecular weight is 376 g/mol. The van der Waals surface area contributed by atoms with Crippen molar-refractivity contribution in [2.75, 3.05) is 13.2 Å². The summed E-state index contributed by atoms with van der Waals surface area (Å²) >= 11 is 0. The summed E-state index contributed by atoms with van der Waals surface area (Å²) in [6.45, 7) is 0.775. The first-order valence-electron chi connectivity index (χ1n) is 8.28. The van der Waals surface area contributed by atoms with Gasteiger partial charge in [-0.2, -0.15) is 13.2 Å². The number of fused-ring (bicyclic) bond motifs is 3. The lowest BCUT2D eigenvalue weighted by Gasteiger charge is -2.26. The second-order valence-electron chi connectivity index (χ2n) is 6.19. The van der Waals surface area contributed by atoms with Gasteiger partial charge in [-0.3, -0.25) is 9.78 Å². The van der Waals surface area contributed by atoms with Crippen LogP contribution in [-0.2, 0) is 17.5 Å². The lowest BCUT2D eigenvalue weighted by molar-refractivity contribution is -0.137. The van der Waals surface area contributed by atoms with Crippen molar-refractivity contribution in [1.29, 1.82) is 0 Å². The fourth-order valence-electron chi connectivity index (χ4n) is 3.14. The zero-order valence-electron chi connectivity index (χ0n) is 14.0. The van der Waals surface area contributed by atoms with Crippen LogP contribution in [0.1, 0.15) is 27.9 Å². The molecule has 9 heteroatoms. The maximum absolute atomic E-state index is 12.9. The minimum absolute atomic E-state index is 0.209. The van der Waals surface area contributed by atoms with Gasteiger partial charge in [0.1, 0.15) is 18.1 Å². The van der Waals surface area contributed by atoms with Gasteiger partial charge in [-0.15, -0.1) is 0 Å². The number of pyridine rings is 1. The third-order valence-corrected chi connectivity index (χ3v) is 4.39. The van der Waals surface area contributed by atoms with E-state index in [0.717, 1.165) is 12.1 Å². The van der Waals surface area contributed by atoms with Crippen LogP contribution in [0.2, 0.25) is 0 Å². The van der Waals surface area contributed by atoms with Gasteiger partial charge in [-0.25, -0.2) is 4.98 Å². The largest absolute Gasteiger partial charge is 0.416 e. The molecule has 140 valence electrons. The number of carbonyl (C=O) groups excluding carboxylic acids is 1. The number of imidazole rings is 1. The van der Waals surface area contributed by atoms with E-state index in [0.29, 0.717) is 23.6 Å². The fourth-order valence-corrected chi connectivity index (χ4v) is 3.14. The Morgan fingerprint density at radius 1 is 1.30 bits per heavy atom. The first kappa shape index (κ1) is 17.5. The predicted molar refractivity (Wildman–Crippen MR) is 90.0 cm³/mol. The Bertz CT molecular complexity index is 985. The highest BCUT2D eigenvalue weighted by Crippen LogP contribution is 2.33. The molecule has 0 spiro atoms. The summed E-state index contributed by atoms with van der Waals surface area (Å²) in [5.41, 5.74) is 0.385. The van der Waals surface area contributed by atoms with Gasteiger partial charge < -0.3 is 14.6 Å². The number of hydrogen-bond donors (Lipinski definition) is 1. The van der Waals surface area contributed by atoms with E-state index in [2.05, 4.69) is 15.3 Å². The summed E-state index contributed by atoms with van der Waals surface area (Å²) < 4.78 is 46.1. The predicted octanol–water partition coefficient (Wildman–Crippen LogP) is 2.95. The molecule has 0 saturated carbocycles. The summed E-state index contributed by atoms with van der Waals surface area (Å²) in [5.74, 6) is 0.208. The number of ether oxygens (including phenoxy) is 1. The average Bonchev–Trinajstić information content (AvgIpc) is 3.04. The molecular weight excluding hydrogens is 361 g/mol. The molecule has 1 aliphatic heterocycles. The van der Waals surface area contributed by atoms with Crippen molar-refractivity contribution < 1.29 is 22.7 Å². The number of nitrogens with one attached hydrogen (secondary N) is 1. The fraction of sp³-hybridized carbons (Fsp3) is 0.278. The first-order chi connectivity index (χ1) is 12.9. The standard InChI is InChI=1S/C18H15F3N4O2/c19-18(20,21)11-4-5-15-14(7-11)24-16-10-27-9-12(25(15)16)8-23-17(26)13-3-1-2-6-22-13/h1-7,12H,8-10H2,(H,23,26). The molecule has 27 heavy (non-hydrogen) atoms. The number of rotatable bonds is 3. The van der Waals surface area contributed by atoms with E-state index in [4.69, 9.17) is 4.74 Å². The molecule has 6 nitrogen and oxygen atoms in total. The summed E-state index contributed by atoms with van der Waals surface area (Å²) in [5, 5.41) is 2.79. The van der Waals surface area contributed by atoms with E-state index in [1.165, 1.54) is 12.3 Å². The van der Waals surface area contributed by atoms with Crippen LogP contribution in [0.5, 0.6) is 0 Å². The van der Waals surface area contributed by atoms with Gasteiger partial charge in [0.05, 0.1) is 29.2 Å². The quantitative estimate of drug-likeness (QED) is 0.763. The molecule has 4 rings (SSSR count). The Morgan fingerprint density at radius 3 is 2.89 bits per heavy atom. The highest BCUT2D eigenvalue weighted by Gasteiger charge is 2.32. The number of halogens is 3. The van der Waals surface area contributed by atoms with Gasteiger partial charge >= 0.3 is 6.18 Å². The molecule has 0 radical (unpaired) electrons. The topological polar surface area (TPSA) is 69.0 Å². The van der Waals surface area contributed by atoms with Crippen molar-refractivity contribution in [2.45, 2.75) is 18.8 Å². The third-order valence-electron chi connectivity index (χ3n) is 4.39. The maximum atomic E-state index is 12.9. The number of benzene rings is 1. The summed E-state index contributed by atoms with van der Waals surface area (Å²) in [6.07, 6.45) is -2.90. The van der Waals surface area contributed by atoms with Crippen molar-refractivity contribution in [3.63, 3.8) is 0 Å².